The molecular weight excluding hydrogens is 286 g/mol. The zero-order valence-corrected chi connectivity index (χ0v) is 11.8. The first-order valence-corrected chi connectivity index (χ1v) is 6.77. The molecule has 0 aliphatic carbocycles. The number of aromatic amines is 1. The molecule has 0 aliphatic heterocycles. The third-order valence-electron chi connectivity index (χ3n) is 3.07. The Labute approximate surface area is 126 Å². The van der Waals surface area contributed by atoms with Gasteiger partial charge < -0.3 is 5.32 Å². The van der Waals surface area contributed by atoms with Crippen molar-refractivity contribution in [2.45, 2.75) is 0 Å². The fraction of sp³-hybridized carbons (Fsp3) is 0. The van der Waals surface area contributed by atoms with E-state index < -0.39 is 0 Å². The van der Waals surface area contributed by atoms with Gasteiger partial charge in [-0.25, -0.2) is 0 Å². The molecule has 1 aromatic heterocycles. The summed E-state index contributed by atoms with van der Waals surface area (Å²) in [5.74, 6) is -0.315. The zero-order chi connectivity index (χ0) is 14.7. The van der Waals surface area contributed by atoms with Gasteiger partial charge in [-0.2, -0.15) is 5.10 Å². The third-order valence-corrected chi connectivity index (χ3v) is 3.36. The first-order chi connectivity index (χ1) is 10.2. The van der Waals surface area contributed by atoms with E-state index >= 15 is 0 Å². The molecule has 0 atom stereocenters. The van der Waals surface area contributed by atoms with Crippen LogP contribution in [0.5, 0.6) is 0 Å². The maximum Gasteiger partial charge on any atom is 0.275 e. The van der Waals surface area contributed by atoms with Crippen LogP contribution < -0.4 is 5.32 Å². The van der Waals surface area contributed by atoms with Crippen molar-refractivity contribution in [2.24, 2.45) is 0 Å². The van der Waals surface area contributed by atoms with E-state index in [-0.39, 0.29) is 11.6 Å². The zero-order valence-electron chi connectivity index (χ0n) is 11.0. The van der Waals surface area contributed by atoms with Crippen LogP contribution in [0.4, 0.5) is 5.69 Å². The van der Waals surface area contributed by atoms with Crippen LogP contribution in [0.3, 0.4) is 0 Å². The number of carbonyl (C=O) groups is 1. The summed E-state index contributed by atoms with van der Waals surface area (Å²) in [6.45, 7) is 0. The number of carbonyl (C=O) groups excluding carboxylic acids is 1. The van der Waals surface area contributed by atoms with E-state index in [0.717, 1.165) is 11.1 Å². The Morgan fingerprint density at radius 1 is 1.00 bits per heavy atom. The Bertz CT molecular complexity index is 751. The fourth-order valence-corrected chi connectivity index (χ4v) is 2.18. The standard InChI is InChI=1S/C16H12ClN3O/c17-14-10-18-20-15(14)16(21)19-13-8-6-12(7-9-13)11-4-2-1-3-5-11/h1-10H,(H,18,20)(H,19,21). The van der Waals surface area contributed by atoms with Gasteiger partial charge in [-0.05, 0) is 23.3 Å². The minimum absolute atomic E-state index is 0.254. The molecule has 2 N–H and O–H groups in total. The van der Waals surface area contributed by atoms with E-state index in [1.54, 1.807) is 0 Å². The number of halogens is 1. The molecule has 0 aliphatic rings. The van der Waals surface area contributed by atoms with Crippen molar-refractivity contribution in [3.63, 3.8) is 0 Å². The SMILES string of the molecule is O=C(Nc1ccc(-c2ccccc2)cc1)c1[nH]ncc1Cl. The first kappa shape index (κ1) is 13.4. The van der Waals surface area contributed by atoms with Gasteiger partial charge in [0.15, 0.2) is 0 Å². The Hall–Kier alpha value is -2.59. The van der Waals surface area contributed by atoms with E-state index in [0.29, 0.717) is 10.7 Å². The number of nitrogens with one attached hydrogen (secondary N) is 2. The van der Waals surface area contributed by atoms with Crippen LogP contribution in [0.1, 0.15) is 10.5 Å². The highest BCUT2D eigenvalue weighted by atomic mass is 35.5. The number of amides is 1. The molecule has 0 spiro atoms. The predicted molar refractivity (Wildman–Crippen MR) is 83.4 cm³/mol. The molecule has 1 amide bonds. The first-order valence-electron chi connectivity index (χ1n) is 6.40. The van der Waals surface area contributed by atoms with E-state index in [1.807, 2.05) is 54.6 Å². The normalized spacial score (nSPS) is 10.3. The number of benzene rings is 2. The Balaban J connectivity index is 1.76. The molecule has 0 unspecified atom stereocenters. The van der Waals surface area contributed by atoms with Crippen molar-refractivity contribution >= 4 is 23.2 Å². The van der Waals surface area contributed by atoms with Gasteiger partial charge in [0.2, 0.25) is 0 Å². The van der Waals surface area contributed by atoms with E-state index in [2.05, 4.69) is 15.5 Å². The highest BCUT2D eigenvalue weighted by Crippen LogP contribution is 2.21. The van der Waals surface area contributed by atoms with Crippen LogP contribution in [0.25, 0.3) is 11.1 Å². The number of anilines is 1. The van der Waals surface area contributed by atoms with Gasteiger partial charge in [0.25, 0.3) is 5.91 Å². The van der Waals surface area contributed by atoms with Crippen molar-refractivity contribution in [1.29, 1.82) is 0 Å². The number of H-pyrrole nitrogens is 1. The van der Waals surface area contributed by atoms with Gasteiger partial charge in [-0.3, -0.25) is 9.89 Å². The lowest BCUT2D eigenvalue weighted by Gasteiger charge is -2.06. The molecule has 0 saturated carbocycles. The summed E-state index contributed by atoms with van der Waals surface area (Å²) in [7, 11) is 0. The Morgan fingerprint density at radius 3 is 2.29 bits per heavy atom. The van der Waals surface area contributed by atoms with Gasteiger partial charge in [-0.15, -0.1) is 0 Å². The molecule has 104 valence electrons. The molecule has 21 heavy (non-hydrogen) atoms. The van der Waals surface area contributed by atoms with Crippen LogP contribution in [0, 0.1) is 0 Å². The van der Waals surface area contributed by atoms with E-state index in [9.17, 15) is 4.79 Å². The maximum absolute atomic E-state index is 12.0. The summed E-state index contributed by atoms with van der Waals surface area (Å²) in [4.78, 5) is 12.0. The second-order valence-electron chi connectivity index (χ2n) is 4.49. The van der Waals surface area contributed by atoms with Crippen LogP contribution in [0.15, 0.2) is 60.8 Å². The molecule has 0 fully saturated rings. The van der Waals surface area contributed by atoms with Crippen molar-refractivity contribution < 1.29 is 4.79 Å². The predicted octanol–water partition coefficient (Wildman–Crippen LogP) is 3.98. The summed E-state index contributed by atoms with van der Waals surface area (Å²) in [6.07, 6.45) is 1.40. The minimum Gasteiger partial charge on any atom is -0.321 e. The number of aromatic nitrogens is 2. The minimum atomic E-state index is -0.315. The third kappa shape index (κ3) is 2.95. The number of rotatable bonds is 3. The number of hydrogen-bond donors (Lipinski definition) is 2. The average Bonchev–Trinajstić information content (AvgIpc) is 2.95. The number of nitrogens with zero attached hydrogens (tertiary/aromatic N) is 1. The largest absolute Gasteiger partial charge is 0.321 e. The van der Waals surface area contributed by atoms with Crippen molar-refractivity contribution in [2.75, 3.05) is 5.32 Å². The second kappa shape index (κ2) is 5.81. The molecule has 0 bridgehead atoms. The topological polar surface area (TPSA) is 57.8 Å². The van der Waals surface area contributed by atoms with E-state index in [4.69, 9.17) is 11.6 Å². The van der Waals surface area contributed by atoms with Gasteiger partial charge in [0.05, 0.1) is 11.2 Å². The summed E-state index contributed by atoms with van der Waals surface area (Å²) in [5, 5.41) is 9.36. The van der Waals surface area contributed by atoms with E-state index in [1.165, 1.54) is 6.20 Å². The van der Waals surface area contributed by atoms with Crippen LogP contribution in [-0.4, -0.2) is 16.1 Å². The fourth-order valence-electron chi connectivity index (χ4n) is 2.00. The molecule has 2 aromatic carbocycles. The number of hydrogen-bond acceptors (Lipinski definition) is 2. The van der Waals surface area contributed by atoms with Gasteiger partial charge in [0.1, 0.15) is 5.69 Å². The molecule has 1 heterocycles. The summed E-state index contributed by atoms with van der Waals surface area (Å²) in [5.41, 5.74) is 3.18. The second-order valence-corrected chi connectivity index (χ2v) is 4.90. The Kier molecular flexibility index (Phi) is 3.71. The molecule has 3 aromatic rings. The summed E-state index contributed by atoms with van der Waals surface area (Å²) >= 11 is 5.85. The van der Waals surface area contributed by atoms with Gasteiger partial charge >= 0.3 is 0 Å². The van der Waals surface area contributed by atoms with Crippen molar-refractivity contribution in [1.82, 2.24) is 10.2 Å². The summed E-state index contributed by atoms with van der Waals surface area (Å²) in [6, 6.07) is 17.7. The van der Waals surface area contributed by atoms with Crippen molar-refractivity contribution in [3.05, 3.63) is 71.5 Å². The molecule has 5 heteroatoms. The quantitative estimate of drug-likeness (QED) is 0.768. The van der Waals surface area contributed by atoms with Crippen LogP contribution >= 0.6 is 11.6 Å². The maximum atomic E-state index is 12.0. The molecule has 3 rings (SSSR count). The lowest BCUT2D eigenvalue weighted by atomic mass is 10.1. The van der Waals surface area contributed by atoms with Gasteiger partial charge in [0, 0.05) is 5.69 Å². The molecule has 0 saturated heterocycles. The van der Waals surface area contributed by atoms with Crippen LogP contribution in [0.2, 0.25) is 5.02 Å². The molecule has 4 nitrogen and oxygen atoms in total. The smallest absolute Gasteiger partial charge is 0.275 e. The molecular formula is C16H12ClN3O. The van der Waals surface area contributed by atoms with Crippen LogP contribution in [-0.2, 0) is 0 Å². The average molecular weight is 298 g/mol. The lowest BCUT2D eigenvalue weighted by molar-refractivity contribution is 0.102. The highest BCUT2D eigenvalue weighted by Gasteiger charge is 2.12. The Morgan fingerprint density at radius 2 is 1.67 bits per heavy atom. The molecule has 0 radical (unpaired) electrons. The lowest BCUT2D eigenvalue weighted by Crippen LogP contribution is -2.12. The monoisotopic (exact) mass is 297 g/mol. The van der Waals surface area contributed by atoms with Crippen molar-refractivity contribution in [3.8, 4) is 11.1 Å². The van der Waals surface area contributed by atoms with Gasteiger partial charge in [-0.1, -0.05) is 54.1 Å². The summed E-state index contributed by atoms with van der Waals surface area (Å²) < 4.78 is 0. The highest BCUT2D eigenvalue weighted by molar-refractivity contribution is 6.34.